The normalized spacial score (nSPS) is 21.6. The van der Waals surface area contributed by atoms with Crippen molar-refractivity contribution in [3.05, 3.63) is 23.8 Å². The molecule has 2 N–H and O–H groups in total. The Labute approximate surface area is 124 Å². The van der Waals surface area contributed by atoms with E-state index in [0.717, 1.165) is 25.7 Å². The Morgan fingerprint density at radius 1 is 1.24 bits per heavy atom. The molecule has 1 aliphatic carbocycles. The molecule has 0 aliphatic heterocycles. The highest BCUT2D eigenvalue weighted by Gasteiger charge is 2.25. The molecular weight excluding hydrogens is 270 g/mol. The number of hydrogen-bond donors (Lipinski definition) is 2. The molecule has 114 valence electrons. The quantitative estimate of drug-likeness (QED) is 0.893. The van der Waals surface area contributed by atoms with E-state index in [-0.39, 0.29) is 17.4 Å². The number of aromatic carboxylic acids is 1. The van der Waals surface area contributed by atoms with Crippen molar-refractivity contribution in [3.8, 4) is 5.75 Å². The molecule has 5 nitrogen and oxygen atoms in total. The van der Waals surface area contributed by atoms with Crippen molar-refractivity contribution in [1.29, 1.82) is 0 Å². The largest absolute Gasteiger partial charge is 0.495 e. The summed E-state index contributed by atoms with van der Waals surface area (Å²) in [7, 11) is 1.49. The Kier molecular flexibility index (Phi) is 4.83. The minimum Gasteiger partial charge on any atom is -0.495 e. The number of carboxylic acids is 1. The van der Waals surface area contributed by atoms with E-state index in [2.05, 4.69) is 12.2 Å². The van der Waals surface area contributed by atoms with Crippen LogP contribution >= 0.6 is 0 Å². The first kappa shape index (κ1) is 15.4. The molecule has 1 amide bonds. The fraction of sp³-hybridized carbons (Fsp3) is 0.500. The van der Waals surface area contributed by atoms with Crippen LogP contribution < -0.4 is 10.1 Å². The molecule has 0 unspecified atom stereocenters. The molecule has 1 fully saturated rings. The molecule has 0 atom stereocenters. The van der Waals surface area contributed by atoms with Crippen molar-refractivity contribution in [1.82, 2.24) is 0 Å². The molecule has 0 bridgehead atoms. The first-order valence-corrected chi connectivity index (χ1v) is 7.23. The second kappa shape index (κ2) is 6.61. The number of carbonyl (C=O) groups is 2. The van der Waals surface area contributed by atoms with E-state index in [1.54, 1.807) is 6.07 Å². The summed E-state index contributed by atoms with van der Waals surface area (Å²) in [6.07, 6.45) is 3.89. The molecular formula is C16H21NO4. The van der Waals surface area contributed by atoms with Crippen LogP contribution in [-0.2, 0) is 4.79 Å². The van der Waals surface area contributed by atoms with E-state index < -0.39 is 5.97 Å². The first-order valence-electron chi connectivity index (χ1n) is 7.23. The van der Waals surface area contributed by atoms with Gasteiger partial charge in [0.15, 0.2) is 0 Å². The third-order valence-corrected chi connectivity index (χ3v) is 4.09. The minimum atomic E-state index is -1.03. The van der Waals surface area contributed by atoms with Crippen molar-refractivity contribution in [2.24, 2.45) is 11.8 Å². The number of methoxy groups -OCH3 is 1. The summed E-state index contributed by atoms with van der Waals surface area (Å²) in [6.45, 7) is 2.20. The predicted octanol–water partition coefficient (Wildman–Crippen LogP) is 3.16. The van der Waals surface area contributed by atoms with Gasteiger partial charge in [0.1, 0.15) is 5.75 Å². The van der Waals surface area contributed by atoms with Crippen molar-refractivity contribution in [3.63, 3.8) is 0 Å². The first-order chi connectivity index (χ1) is 10.0. The highest BCUT2D eigenvalue weighted by atomic mass is 16.5. The van der Waals surface area contributed by atoms with E-state index >= 15 is 0 Å². The van der Waals surface area contributed by atoms with Crippen molar-refractivity contribution in [2.75, 3.05) is 12.4 Å². The van der Waals surface area contributed by atoms with Crippen LogP contribution in [-0.4, -0.2) is 24.1 Å². The molecule has 5 heteroatoms. The molecule has 0 aromatic heterocycles. The molecule has 0 radical (unpaired) electrons. The lowest BCUT2D eigenvalue weighted by Crippen LogP contribution is -2.26. The zero-order valence-corrected chi connectivity index (χ0v) is 12.4. The Bertz CT molecular complexity index is 533. The van der Waals surface area contributed by atoms with E-state index in [1.807, 2.05) is 0 Å². The second-order valence-electron chi connectivity index (χ2n) is 5.67. The standard InChI is InChI=1S/C16H21NO4/c1-10-3-5-11(6-4-10)15(18)17-13-9-12(16(19)20)7-8-14(13)21-2/h7-11H,3-6H2,1-2H3,(H,17,18)(H,19,20). The van der Waals surface area contributed by atoms with Gasteiger partial charge in [0, 0.05) is 5.92 Å². The highest BCUT2D eigenvalue weighted by Crippen LogP contribution is 2.31. The minimum absolute atomic E-state index is 0.000565. The molecule has 0 saturated heterocycles. The van der Waals surface area contributed by atoms with Crippen LogP contribution in [0, 0.1) is 11.8 Å². The van der Waals surface area contributed by atoms with Gasteiger partial charge in [-0.25, -0.2) is 4.79 Å². The van der Waals surface area contributed by atoms with Crippen LogP contribution in [0.4, 0.5) is 5.69 Å². The second-order valence-corrected chi connectivity index (χ2v) is 5.67. The Hall–Kier alpha value is -2.04. The fourth-order valence-corrected chi connectivity index (χ4v) is 2.70. The summed E-state index contributed by atoms with van der Waals surface area (Å²) in [5, 5.41) is 11.8. The van der Waals surface area contributed by atoms with Gasteiger partial charge in [-0.3, -0.25) is 4.79 Å². The number of benzene rings is 1. The number of anilines is 1. The lowest BCUT2D eigenvalue weighted by Gasteiger charge is -2.25. The number of hydrogen-bond acceptors (Lipinski definition) is 3. The van der Waals surface area contributed by atoms with Crippen molar-refractivity contribution in [2.45, 2.75) is 32.6 Å². The van der Waals surface area contributed by atoms with Gasteiger partial charge < -0.3 is 15.2 Å². The van der Waals surface area contributed by atoms with Gasteiger partial charge in [0.05, 0.1) is 18.4 Å². The molecule has 1 aliphatic rings. The third kappa shape index (κ3) is 3.74. The Morgan fingerprint density at radius 3 is 2.48 bits per heavy atom. The molecule has 2 rings (SSSR count). The molecule has 0 heterocycles. The van der Waals surface area contributed by atoms with Crippen molar-refractivity contribution < 1.29 is 19.4 Å². The summed E-state index contributed by atoms with van der Waals surface area (Å²) in [5.41, 5.74) is 0.546. The summed E-state index contributed by atoms with van der Waals surface area (Å²) in [5.74, 6) is 0.0678. The smallest absolute Gasteiger partial charge is 0.335 e. The molecule has 0 spiro atoms. The van der Waals surface area contributed by atoms with E-state index in [4.69, 9.17) is 9.84 Å². The number of carbonyl (C=O) groups excluding carboxylic acids is 1. The average molecular weight is 291 g/mol. The fourth-order valence-electron chi connectivity index (χ4n) is 2.70. The number of carboxylic acid groups (broad SMARTS) is 1. The van der Waals surface area contributed by atoms with Gasteiger partial charge in [-0.1, -0.05) is 6.92 Å². The zero-order chi connectivity index (χ0) is 15.4. The average Bonchev–Trinajstić information content (AvgIpc) is 2.47. The van der Waals surface area contributed by atoms with E-state index in [0.29, 0.717) is 17.4 Å². The van der Waals surface area contributed by atoms with Crippen LogP contribution in [0.15, 0.2) is 18.2 Å². The van der Waals surface area contributed by atoms with Gasteiger partial charge in [0.25, 0.3) is 0 Å². The molecule has 21 heavy (non-hydrogen) atoms. The lowest BCUT2D eigenvalue weighted by molar-refractivity contribution is -0.121. The summed E-state index contributed by atoms with van der Waals surface area (Å²) < 4.78 is 5.18. The maximum absolute atomic E-state index is 12.3. The lowest BCUT2D eigenvalue weighted by atomic mass is 9.82. The van der Waals surface area contributed by atoms with Crippen LogP contribution in [0.2, 0.25) is 0 Å². The highest BCUT2D eigenvalue weighted by molar-refractivity contribution is 5.96. The Balaban J connectivity index is 2.12. The van der Waals surface area contributed by atoms with Gasteiger partial charge in [-0.15, -0.1) is 0 Å². The predicted molar refractivity (Wildman–Crippen MR) is 79.7 cm³/mol. The van der Waals surface area contributed by atoms with Crippen LogP contribution in [0.5, 0.6) is 5.75 Å². The molecule has 1 aromatic carbocycles. The van der Waals surface area contributed by atoms with Crippen LogP contribution in [0.3, 0.4) is 0 Å². The number of amides is 1. The summed E-state index contributed by atoms with van der Waals surface area (Å²) in [4.78, 5) is 23.3. The van der Waals surface area contributed by atoms with Gasteiger partial charge in [-0.05, 0) is 49.8 Å². The number of ether oxygens (including phenoxy) is 1. The monoisotopic (exact) mass is 291 g/mol. The maximum atomic E-state index is 12.3. The SMILES string of the molecule is COc1ccc(C(=O)O)cc1NC(=O)C1CCC(C)CC1. The zero-order valence-electron chi connectivity index (χ0n) is 12.4. The van der Waals surface area contributed by atoms with Gasteiger partial charge in [-0.2, -0.15) is 0 Å². The molecule has 1 aromatic rings. The summed E-state index contributed by atoms with van der Waals surface area (Å²) in [6, 6.07) is 4.45. The van der Waals surface area contributed by atoms with Crippen LogP contribution in [0.25, 0.3) is 0 Å². The molecule has 1 saturated carbocycles. The van der Waals surface area contributed by atoms with E-state index in [1.165, 1.54) is 19.2 Å². The number of rotatable bonds is 4. The third-order valence-electron chi connectivity index (χ3n) is 4.09. The van der Waals surface area contributed by atoms with Gasteiger partial charge >= 0.3 is 5.97 Å². The van der Waals surface area contributed by atoms with Crippen molar-refractivity contribution >= 4 is 17.6 Å². The van der Waals surface area contributed by atoms with Gasteiger partial charge in [0.2, 0.25) is 5.91 Å². The summed E-state index contributed by atoms with van der Waals surface area (Å²) >= 11 is 0. The maximum Gasteiger partial charge on any atom is 0.335 e. The Morgan fingerprint density at radius 2 is 1.90 bits per heavy atom. The number of nitrogens with one attached hydrogen (secondary N) is 1. The topological polar surface area (TPSA) is 75.6 Å². The van der Waals surface area contributed by atoms with Crippen LogP contribution in [0.1, 0.15) is 43.0 Å². The van der Waals surface area contributed by atoms with E-state index in [9.17, 15) is 9.59 Å².